The molecule has 3 aromatic rings. The Morgan fingerprint density at radius 1 is 0.750 bits per heavy atom. The first-order chi connectivity index (χ1) is 20.2. The quantitative estimate of drug-likeness (QED) is 0.186. The molecule has 0 spiro atoms. The van der Waals surface area contributed by atoms with Gasteiger partial charge in [0, 0.05) is 11.6 Å². The highest BCUT2D eigenvalue weighted by Crippen LogP contribution is 2.65. The van der Waals surface area contributed by atoms with E-state index >= 15 is 0 Å². The van der Waals surface area contributed by atoms with Crippen LogP contribution in [0.15, 0.2) is 48.5 Å². The van der Waals surface area contributed by atoms with E-state index in [1.807, 2.05) is 0 Å². The number of amides is 3. The van der Waals surface area contributed by atoms with Gasteiger partial charge in [-0.05, 0) is 48.0 Å². The first-order valence-corrected chi connectivity index (χ1v) is 12.5. The minimum atomic E-state index is -5.51. The predicted octanol–water partition coefficient (Wildman–Crippen LogP) is 7.54. The van der Waals surface area contributed by atoms with Crippen molar-refractivity contribution in [2.24, 2.45) is 5.92 Å². The van der Waals surface area contributed by atoms with Crippen molar-refractivity contribution in [3.63, 3.8) is 0 Å². The monoisotopic (exact) mass is 675 g/mol. The summed E-state index contributed by atoms with van der Waals surface area (Å²) in [4.78, 5) is 36.7. The minimum absolute atomic E-state index is 0.213. The van der Waals surface area contributed by atoms with Gasteiger partial charge in [-0.1, -0.05) is 6.07 Å². The van der Waals surface area contributed by atoms with Gasteiger partial charge in [0.2, 0.25) is 5.91 Å². The summed E-state index contributed by atoms with van der Waals surface area (Å²) >= 11 is 12.2. The third-order valence-electron chi connectivity index (χ3n) is 6.30. The highest BCUT2D eigenvalue weighted by Gasteiger charge is 2.67. The van der Waals surface area contributed by atoms with E-state index in [1.165, 1.54) is 0 Å². The topological polar surface area (TPSA) is 87.3 Å². The van der Waals surface area contributed by atoms with Crippen LogP contribution in [0.2, 0.25) is 0 Å². The molecule has 0 radical (unpaired) electrons. The van der Waals surface area contributed by atoms with Crippen molar-refractivity contribution in [2.45, 2.75) is 22.6 Å². The standard InChI is InChI=1S/C26H13Cl2F10N3O3/c27-24(28)17(9-1-3-14(30)12(7-9)25(33,34)35)18(24)22(43)39-10-2-4-13(29)11(8-10)21(42)40-16-6-5-15(31)20(19(16)32)41-23(44)26(36,37)38/h1-8,17-18H,(H,39,43)(H,40,42)(H,41,44)/t17-,18+/m0/s1. The van der Waals surface area contributed by atoms with E-state index < -0.39 is 92.0 Å². The van der Waals surface area contributed by atoms with E-state index in [-0.39, 0.29) is 11.3 Å². The van der Waals surface area contributed by atoms with Crippen LogP contribution in [0, 0.1) is 29.2 Å². The summed E-state index contributed by atoms with van der Waals surface area (Å²) < 4.78 is 132. The molecule has 2 atom stereocenters. The first-order valence-electron chi connectivity index (χ1n) is 11.8. The third kappa shape index (κ3) is 6.55. The zero-order chi connectivity index (χ0) is 32.9. The van der Waals surface area contributed by atoms with Crippen molar-refractivity contribution < 1.29 is 58.3 Å². The Morgan fingerprint density at radius 2 is 1.36 bits per heavy atom. The molecule has 234 valence electrons. The second-order valence-corrected chi connectivity index (χ2v) is 10.7. The van der Waals surface area contributed by atoms with Gasteiger partial charge in [-0.25, -0.2) is 17.6 Å². The molecule has 18 heteroatoms. The van der Waals surface area contributed by atoms with Gasteiger partial charge in [-0.2, -0.15) is 26.3 Å². The summed E-state index contributed by atoms with van der Waals surface area (Å²) in [5, 5.41) is 5.02. The highest BCUT2D eigenvalue weighted by molar-refractivity contribution is 6.53. The summed E-state index contributed by atoms with van der Waals surface area (Å²) in [5.74, 6) is -14.0. The van der Waals surface area contributed by atoms with Crippen LogP contribution in [0.3, 0.4) is 0 Å². The van der Waals surface area contributed by atoms with Crippen molar-refractivity contribution in [1.29, 1.82) is 0 Å². The molecule has 1 aliphatic carbocycles. The molecule has 1 fully saturated rings. The summed E-state index contributed by atoms with van der Waals surface area (Å²) in [6, 6.07) is 5.27. The second kappa shape index (κ2) is 11.5. The molecule has 1 aliphatic rings. The van der Waals surface area contributed by atoms with Crippen LogP contribution in [0.25, 0.3) is 0 Å². The molecule has 3 aromatic carbocycles. The Kier molecular flexibility index (Phi) is 8.56. The SMILES string of the molecule is O=C(Nc1ccc(F)c(NC(=O)C(F)(F)F)c1F)c1cc(NC(=O)[C@H]2[C@H](c3ccc(F)c(C(F)(F)F)c3)C2(Cl)Cl)ccc1F. The molecular weight excluding hydrogens is 663 g/mol. The average molecular weight is 676 g/mol. The minimum Gasteiger partial charge on any atom is -0.326 e. The van der Waals surface area contributed by atoms with Crippen LogP contribution in [-0.2, 0) is 15.8 Å². The number of carbonyl (C=O) groups is 3. The van der Waals surface area contributed by atoms with Gasteiger partial charge in [0.05, 0.1) is 22.7 Å². The molecule has 0 unspecified atom stereocenters. The van der Waals surface area contributed by atoms with Gasteiger partial charge >= 0.3 is 18.3 Å². The maximum absolute atomic E-state index is 14.7. The van der Waals surface area contributed by atoms with Gasteiger partial charge in [0.1, 0.15) is 27.5 Å². The number of halogens is 12. The van der Waals surface area contributed by atoms with E-state index in [4.69, 9.17) is 23.2 Å². The maximum atomic E-state index is 14.7. The maximum Gasteiger partial charge on any atom is 0.471 e. The van der Waals surface area contributed by atoms with Crippen LogP contribution in [-0.4, -0.2) is 28.2 Å². The summed E-state index contributed by atoms with van der Waals surface area (Å²) in [6.07, 6.45) is -10.6. The molecule has 3 amide bonds. The van der Waals surface area contributed by atoms with Crippen LogP contribution < -0.4 is 16.0 Å². The van der Waals surface area contributed by atoms with Crippen molar-refractivity contribution in [1.82, 2.24) is 0 Å². The van der Waals surface area contributed by atoms with Crippen molar-refractivity contribution in [3.8, 4) is 0 Å². The number of nitrogens with one attached hydrogen (secondary N) is 3. The van der Waals surface area contributed by atoms with Gasteiger partial charge in [-0.3, -0.25) is 14.4 Å². The lowest BCUT2D eigenvalue weighted by molar-refractivity contribution is -0.167. The number of carbonyl (C=O) groups excluding carboxylic acids is 3. The molecule has 0 aromatic heterocycles. The number of hydrogen-bond donors (Lipinski definition) is 3. The Morgan fingerprint density at radius 3 is 1.98 bits per heavy atom. The van der Waals surface area contributed by atoms with Crippen LogP contribution in [0.1, 0.15) is 27.4 Å². The Hall–Kier alpha value is -4.05. The first kappa shape index (κ1) is 32.9. The van der Waals surface area contributed by atoms with E-state index in [9.17, 15) is 58.3 Å². The van der Waals surface area contributed by atoms with Crippen LogP contribution >= 0.6 is 23.2 Å². The van der Waals surface area contributed by atoms with Crippen LogP contribution in [0.5, 0.6) is 0 Å². The predicted molar refractivity (Wildman–Crippen MR) is 136 cm³/mol. The Labute approximate surface area is 249 Å². The Bertz CT molecular complexity index is 1680. The van der Waals surface area contributed by atoms with E-state index in [0.29, 0.717) is 30.3 Å². The largest absolute Gasteiger partial charge is 0.471 e. The molecule has 0 bridgehead atoms. The molecular formula is C26H13Cl2F10N3O3. The lowest BCUT2D eigenvalue weighted by Crippen LogP contribution is -2.31. The summed E-state index contributed by atoms with van der Waals surface area (Å²) in [7, 11) is 0. The lowest BCUT2D eigenvalue weighted by Gasteiger charge is -2.14. The van der Waals surface area contributed by atoms with Crippen molar-refractivity contribution >= 4 is 58.0 Å². The molecule has 3 N–H and O–H groups in total. The van der Waals surface area contributed by atoms with Gasteiger partial charge in [-0.15, -0.1) is 23.2 Å². The summed E-state index contributed by atoms with van der Waals surface area (Å²) in [6.45, 7) is 0. The Balaban J connectivity index is 1.53. The zero-order valence-electron chi connectivity index (χ0n) is 21.0. The van der Waals surface area contributed by atoms with Crippen LogP contribution in [0.4, 0.5) is 61.0 Å². The van der Waals surface area contributed by atoms with E-state index in [2.05, 4.69) is 5.32 Å². The molecule has 1 saturated carbocycles. The molecule has 0 aliphatic heterocycles. The molecule has 4 rings (SSSR count). The van der Waals surface area contributed by atoms with Gasteiger partial charge < -0.3 is 16.0 Å². The fraction of sp³-hybridized carbons (Fsp3) is 0.192. The third-order valence-corrected chi connectivity index (χ3v) is 7.25. The number of anilines is 3. The van der Waals surface area contributed by atoms with E-state index in [0.717, 1.165) is 23.5 Å². The molecule has 0 heterocycles. The molecule has 0 saturated heterocycles. The fourth-order valence-corrected chi connectivity index (χ4v) is 4.98. The number of alkyl halides is 8. The van der Waals surface area contributed by atoms with Gasteiger partial charge in [0.15, 0.2) is 5.82 Å². The fourth-order valence-electron chi connectivity index (χ4n) is 4.16. The van der Waals surface area contributed by atoms with Gasteiger partial charge in [0.25, 0.3) is 5.91 Å². The second-order valence-electron chi connectivity index (χ2n) is 9.24. The van der Waals surface area contributed by atoms with E-state index in [1.54, 1.807) is 5.32 Å². The number of benzene rings is 3. The smallest absolute Gasteiger partial charge is 0.326 e. The van der Waals surface area contributed by atoms with Crippen molar-refractivity contribution in [2.75, 3.05) is 16.0 Å². The average Bonchev–Trinajstić information content (AvgIpc) is 3.49. The van der Waals surface area contributed by atoms with Crippen molar-refractivity contribution in [3.05, 3.63) is 88.5 Å². The lowest BCUT2D eigenvalue weighted by atomic mass is 10.0. The highest BCUT2D eigenvalue weighted by atomic mass is 35.5. The molecule has 44 heavy (non-hydrogen) atoms. The normalized spacial score (nSPS) is 17.5. The molecule has 6 nitrogen and oxygen atoms in total. The zero-order valence-corrected chi connectivity index (χ0v) is 22.5. The number of hydrogen-bond acceptors (Lipinski definition) is 3. The number of rotatable bonds is 6. The summed E-state index contributed by atoms with van der Waals surface area (Å²) in [5.41, 5.74) is -5.50.